The van der Waals surface area contributed by atoms with Crippen LogP contribution in [0.15, 0.2) is 48.5 Å². The van der Waals surface area contributed by atoms with Crippen molar-refractivity contribution in [1.82, 2.24) is 0 Å². The van der Waals surface area contributed by atoms with Crippen molar-refractivity contribution in [3.63, 3.8) is 0 Å². The van der Waals surface area contributed by atoms with Gasteiger partial charge in [0, 0.05) is 12.5 Å². The van der Waals surface area contributed by atoms with Gasteiger partial charge in [0.1, 0.15) is 11.4 Å². The fourth-order valence-corrected chi connectivity index (χ4v) is 2.43. The van der Waals surface area contributed by atoms with E-state index >= 15 is 0 Å². The van der Waals surface area contributed by atoms with Gasteiger partial charge >= 0.3 is 5.97 Å². The summed E-state index contributed by atoms with van der Waals surface area (Å²) < 4.78 is 10.3. The monoisotopic (exact) mass is 372 g/mol. The molecule has 2 aromatic rings. The maximum Gasteiger partial charge on any atom is 0.306 e. The van der Waals surface area contributed by atoms with E-state index in [1.165, 1.54) is 25.1 Å². The fourth-order valence-electron chi connectivity index (χ4n) is 2.43. The molecule has 0 unspecified atom stereocenters. The molecule has 2 aromatic carbocycles. The molecule has 1 N–H and O–H groups in total. The number of para-hydroxylation sites is 3. The van der Waals surface area contributed by atoms with Crippen molar-refractivity contribution in [2.24, 2.45) is 0 Å². The lowest BCUT2D eigenvalue weighted by Crippen LogP contribution is -2.30. The van der Waals surface area contributed by atoms with Crippen LogP contribution in [0, 0.1) is 10.1 Å². The molecule has 0 aliphatic rings. The Labute approximate surface area is 156 Å². The van der Waals surface area contributed by atoms with Gasteiger partial charge in [-0.1, -0.05) is 30.3 Å². The van der Waals surface area contributed by atoms with Crippen molar-refractivity contribution in [2.45, 2.75) is 25.9 Å². The molecule has 142 valence electrons. The SMILES string of the molecule is COc1ccccc1CCC(=O)O[C@@H](C)C(=O)Nc1ccccc1[N+](=O)[O-]. The van der Waals surface area contributed by atoms with Crippen LogP contribution < -0.4 is 10.1 Å². The van der Waals surface area contributed by atoms with Crippen LogP contribution in [0.25, 0.3) is 0 Å². The molecule has 1 atom stereocenters. The maximum absolute atomic E-state index is 12.2. The van der Waals surface area contributed by atoms with Gasteiger partial charge in [0.25, 0.3) is 11.6 Å². The van der Waals surface area contributed by atoms with Crippen molar-refractivity contribution in [2.75, 3.05) is 12.4 Å². The average Bonchev–Trinajstić information content (AvgIpc) is 2.66. The highest BCUT2D eigenvalue weighted by Gasteiger charge is 2.21. The Morgan fingerprint density at radius 3 is 2.52 bits per heavy atom. The van der Waals surface area contributed by atoms with Crippen molar-refractivity contribution in [1.29, 1.82) is 0 Å². The van der Waals surface area contributed by atoms with Crippen LogP contribution in [-0.4, -0.2) is 30.0 Å². The molecular formula is C19H20N2O6. The molecule has 0 radical (unpaired) electrons. The molecular weight excluding hydrogens is 352 g/mol. The van der Waals surface area contributed by atoms with Gasteiger partial charge in [-0.05, 0) is 31.0 Å². The molecule has 0 spiro atoms. The van der Waals surface area contributed by atoms with E-state index in [1.54, 1.807) is 19.2 Å². The highest BCUT2D eigenvalue weighted by Crippen LogP contribution is 2.23. The number of benzene rings is 2. The molecule has 0 fully saturated rings. The third kappa shape index (κ3) is 5.53. The van der Waals surface area contributed by atoms with Crippen LogP contribution >= 0.6 is 0 Å². The number of nitrogens with one attached hydrogen (secondary N) is 1. The molecule has 8 heteroatoms. The Morgan fingerprint density at radius 1 is 1.15 bits per heavy atom. The Kier molecular flexibility index (Phi) is 6.87. The van der Waals surface area contributed by atoms with Crippen LogP contribution in [0.5, 0.6) is 5.75 Å². The van der Waals surface area contributed by atoms with E-state index in [0.717, 1.165) is 5.56 Å². The summed E-state index contributed by atoms with van der Waals surface area (Å²) in [5, 5.41) is 13.4. The Balaban J connectivity index is 1.90. The van der Waals surface area contributed by atoms with E-state index in [2.05, 4.69) is 5.32 Å². The summed E-state index contributed by atoms with van der Waals surface area (Å²) in [6.45, 7) is 1.41. The number of carbonyl (C=O) groups is 2. The Morgan fingerprint density at radius 2 is 1.81 bits per heavy atom. The number of rotatable bonds is 8. The minimum absolute atomic E-state index is 0.0458. The second-order valence-electron chi connectivity index (χ2n) is 5.71. The second-order valence-corrected chi connectivity index (χ2v) is 5.71. The van der Waals surface area contributed by atoms with Crippen LogP contribution in [0.4, 0.5) is 11.4 Å². The number of carbonyl (C=O) groups excluding carboxylic acids is 2. The summed E-state index contributed by atoms with van der Waals surface area (Å²) in [6, 6.07) is 13.1. The van der Waals surface area contributed by atoms with Gasteiger partial charge in [0.2, 0.25) is 0 Å². The summed E-state index contributed by atoms with van der Waals surface area (Å²) in [5.74, 6) is -0.520. The van der Waals surface area contributed by atoms with Gasteiger partial charge in [-0.15, -0.1) is 0 Å². The standard InChI is InChI=1S/C19H20N2O6/c1-13(19(23)20-15-8-4-5-9-16(15)21(24)25)27-18(22)12-11-14-7-3-6-10-17(14)26-2/h3-10,13H,11-12H2,1-2H3,(H,20,23)/t13-/m0/s1. The number of anilines is 1. The zero-order valence-corrected chi connectivity index (χ0v) is 15.0. The Hall–Kier alpha value is -3.42. The number of esters is 1. The van der Waals surface area contributed by atoms with Crippen molar-refractivity contribution in [3.8, 4) is 5.75 Å². The predicted molar refractivity (Wildman–Crippen MR) is 98.6 cm³/mol. The van der Waals surface area contributed by atoms with E-state index in [9.17, 15) is 19.7 Å². The van der Waals surface area contributed by atoms with Gasteiger partial charge in [0.05, 0.1) is 12.0 Å². The molecule has 1 amide bonds. The van der Waals surface area contributed by atoms with Crippen molar-refractivity contribution < 1.29 is 24.0 Å². The van der Waals surface area contributed by atoms with E-state index < -0.39 is 22.9 Å². The first-order chi connectivity index (χ1) is 12.9. The summed E-state index contributed by atoms with van der Waals surface area (Å²) in [5.41, 5.74) is 0.666. The van der Waals surface area contributed by atoms with Crippen LogP contribution in [0.2, 0.25) is 0 Å². The number of ether oxygens (including phenoxy) is 2. The molecule has 0 aromatic heterocycles. The summed E-state index contributed by atoms with van der Waals surface area (Å²) in [4.78, 5) is 34.6. The topological polar surface area (TPSA) is 108 Å². The first-order valence-electron chi connectivity index (χ1n) is 8.28. The lowest BCUT2D eigenvalue weighted by molar-refractivity contribution is -0.383. The first-order valence-corrected chi connectivity index (χ1v) is 8.28. The molecule has 0 aliphatic heterocycles. The average molecular weight is 372 g/mol. The predicted octanol–water partition coefficient (Wildman–Crippen LogP) is 3.11. The number of hydrogen-bond donors (Lipinski definition) is 1. The van der Waals surface area contributed by atoms with E-state index in [4.69, 9.17) is 9.47 Å². The molecule has 2 rings (SSSR count). The van der Waals surface area contributed by atoms with Gasteiger partial charge in [-0.2, -0.15) is 0 Å². The summed E-state index contributed by atoms with van der Waals surface area (Å²) >= 11 is 0. The minimum atomic E-state index is -1.09. The smallest absolute Gasteiger partial charge is 0.306 e. The van der Waals surface area contributed by atoms with Crippen molar-refractivity contribution >= 4 is 23.3 Å². The number of hydrogen-bond acceptors (Lipinski definition) is 6. The van der Waals surface area contributed by atoms with E-state index in [0.29, 0.717) is 12.2 Å². The Bertz CT molecular complexity index is 836. The number of methoxy groups -OCH3 is 1. The molecule has 27 heavy (non-hydrogen) atoms. The quantitative estimate of drug-likeness (QED) is 0.433. The number of nitro groups is 1. The third-order valence-corrected chi connectivity index (χ3v) is 3.83. The van der Waals surface area contributed by atoms with Gasteiger partial charge in [-0.3, -0.25) is 19.7 Å². The highest BCUT2D eigenvalue weighted by molar-refractivity contribution is 5.96. The summed E-state index contributed by atoms with van der Waals surface area (Å²) in [7, 11) is 1.55. The fraction of sp³-hybridized carbons (Fsp3) is 0.263. The zero-order chi connectivity index (χ0) is 19.8. The normalized spacial score (nSPS) is 11.3. The molecule has 0 bridgehead atoms. The third-order valence-electron chi connectivity index (χ3n) is 3.83. The van der Waals surface area contributed by atoms with Crippen LogP contribution in [-0.2, 0) is 20.7 Å². The van der Waals surface area contributed by atoms with Gasteiger partial charge < -0.3 is 14.8 Å². The minimum Gasteiger partial charge on any atom is -0.496 e. The first kappa shape index (κ1) is 19.9. The molecule has 0 saturated carbocycles. The van der Waals surface area contributed by atoms with Gasteiger partial charge in [-0.25, -0.2) is 0 Å². The molecule has 0 saturated heterocycles. The van der Waals surface area contributed by atoms with Crippen LogP contribution in [0.1, 0.15) is 18.9 Å². The highest BCUT2D eigenvalue weighted by atomic mass is 16.6. The zero-order valence-electron chi connectivity index (χ0n) is 15.0. The van der Waals surface area contributed by atoms with Crippen LogP contribution in [0.3, 0.4) is 0 Å². The van der Waals surface area contributed by atoms with E-state index in [-0.39, 0.29) is 17.8 Å². The number of amides is 1. The van der Waals surface area contributed by atoms with E-state index in [1.807, 2.05) is 18.2 Å². The lowest BCUT2D eigenvalue weighted by atomic mass is 10.1. The second kappa shape index (κ2) is 9.33. The number of nitrogens with zero attached hydrogens (tertiary/aromatic N) is 1. The molecule has 8 nitrogen and oxygen atoms in total. The number of aryl methyl sites for hydroxylation is 1. The molecule has 0 aliphatic carbocycles. The summed E-state index contributed by atoms with van der Waals surface area (Å²) in [6.07, 6.45) is -0.611. The van der Waals surface area contributed by atoms with Crippen molar-refractivity contribution in [3.05, 3.63) is 64.2 Å². The van der Waals surface area contributed by atoms with Gasteiger partial charge in [0.15, 0.2) is 6.10 Å². The lowest BCUT2D eigenvalue weighted by Gasteiger charge is -2.14. The largest absolute Gasteiger partial charge is 0.496 e. The maximum atomic E-state index is 12.2. The molecule has 0 heterocycles. The number of nitro benzene ring substituents is 1.